The Morgan fingerprint density at radius 2 is 2.05 bits per heavy atom. The van der Waals surface area contributed by atoms with Crippen molar-refractivity contribution in [2.75, 3.05) is 5.73 Å². The van der Waals surface area contributed by atoms with Gasteiger partial charge >= 0.3 is 0 Å². The van der Waals surface area contributed by atoms with E-state index in [1.54, 1.807) is 6.20 Å². The van der Waals surface area contributed by atoms with Crippen molar-refractivity contribution in [1.29, 1.82) is 0 Å². The monoisotopic (exact) mass is 260 g/mol. The van der Waals surface area contributed by atoms with E-state index in [4.69, 9.17) is 5.73 Å². The highest BCUT2D eigenvalue weighted by Gasteiger charge is 2.69. The second kappa shape index (κ2) is 3.51. The van der Waals surface area contributed by atoms with Crippen molar-refractivity contribution in [3.63, 3.8) is 0 Å². The molecule has 3 unspecified atom stereocenters. The Hall–Kier alpha value is -1.09. The van der Waals surface area contributed by atoms with Gasteiger partial charge in [0.05, 0.1) is 0 Å². The minimum absolute atomic E-state index is 0.0803. The van der Waals surface area contributed by atoms with Crippen molar-refractivity contribution in [3.05, 3.63) is 23.4 Å². The van der Waals surface area contributed by atoms with E-state index in [0.717, 1.165) is 24.0 Å². The summed E-state index contributed by atoms with van der Waals surface area (Å²) in [6, 6.07) is 1.95. The molecule has 1 heterocycles. The van der Waals surface area contributed by atoms with Gasteiger partial charge in [-0.3, -0.25) is 0 Å². The maximum Gasteiger partial charge on any atom is 0.129 e. The zero-order chi connectivity index (χ0) is 14.1. The summed E-state index contributed by atoms with van der Waals surface area (Å²) < 4.78 is 0. The van der Waals surface area contributed by atoms with Crippen molar-refractivity contribution in [1.82, 2.24) is 4.98 Å². The van der Waals surface area contributed by atoms with Gasteiger partial charge in [0.25, 0.3) is 0 Å². The van der Waals surface area contributed by atoms with Crippen LogP contribution in [0.3, 0.4) is 0 Å². The van der Waals surface area contributed by atoms with Gasteiger partial charge in [-0.05, 0) is 43.7 Å². The molecule has 104 valence electrons. The normalized spacial score (nSPS) is 39.7. The quantitative estimate of drug-likeness (QED) is 0.816. The number of nitrogen functional groups attached to an aromatic ring is 1. The molecule has 2 fully saturated rings. The topological polar surface area (TPSA) is 59.1 Å². The van der Waals surface area contributed by atoms with E-state index in [2.05, 4.69) is 25.8 Å². The van der Waals surface area contributed by atoms with Crippen molar-refractivity contribution in [2.24, 2.45) is 16.7 Å². The fraction of sp³-hybridized carbons (Fsp3) is 0.688. The minimum atomic E-state index is -0.870. The van der Waals surface area contributed by atoms with Crippen LogP contribution in [0.4, 0.5) is 5.82 Å². The molecular weight excluding hydrogens is 236 g/mol. The van der Waals surface area contributed by atoms with Gasteiger partial charge in [-0.15, -0.1) is 0 Å². The molecule has 0 aromatic carbocycles. The molecule has 1 aromatic rings. The van der Waals surface area contributed by atoms with Crippen molar-refractivity contribution >= 4 is 5.82 Å². The number of nitrogens with zero attached hydrogens (tertiary/aromatic N) is 1. The smallest absolute Gasteiger partial charge is 0.129 e. The lowest BCUT2D eigenvalue weighted by molar-refractivity contribution is -0.150. The van der Waals surface area contributed by atoms with E-state index < -0.39 is 5.60 Å². The summed E-state index contributed by atoms with van der Waals surface area (Å²) in [7, 11) is 0. The molecule has 2 aliphatic rings. The van der Waals surface area contributed by atoms with E-state index >= 15 is 0 Å². The molecule has 2 bridgehead atoms. The number of anilines is 1. The van der Waals surface area contributed by atoms with Crippen LogP contribution in [0.25, 0.3) is 0 Å². The van der Waals surface area contributed by atoms with Crippen LogP contribution in [-0.2, 0) is 5.60 Å². The minimum Gasteiger partial charge on any atom is -0.384 e. The Balaban J connectivity index is 2.28. The number of nitrogens with two attached hydrogens (primary N) is 1. The predicted molar refractivity (Wildman–Crippen MR) is 76.5 cm³/mol. The van der Waals surface area contributed by atoms with Crippen LogP contribution in [0, 0.1) is 23.7 Å². The number of hydrogen-bond acceptors (Lipinski definition) is 3. The van der Waals surface area contributed by atoms with E-state index in [1.165, 1.54) is 6.42 Å². The van der Waals surface area contributed by atoms with Gasteiger partial charge in [0.2, 0.25) is 0 Å². The molecule has 3 rings (SSSR count). The van der Waals surface area contributed by atoms with Crippen LogP contribution < -0.4 is 5.73 Å². The first-order valence-corrected chi connectivity index (χ1v) is 7.18. The van der Waals surface area contributed by atoms with E-state index in [-0.39, 0.29) is 10.8 Å². The first-order chi connectivity index (χ1) is 8.74. The van der Waals surface area contributed by atoms with E-state index in [0.29, 0.717) is 11.7 Å². The number of aryl methyl sites for hydroxylation is 1. The number of aromatic nitrogens is 1. The first-order valence-electron chi connectivity index (χ1n) is 7.18. The molecule has 2 saturated carbocycles. The van der Waals surface area contributed by atoms with Crippen LogP contribution in [-0.4, -0.2) is 10.1 Å². The summed E-state index contributed by atoms with van der Waals surface area (Å²) >= 11 is 0. The van der Waals surface area contributed by atoms with Gasteiger partial charge in [0, 0.05) is 22.6 Å². The number of rotatable bonds is 1. The summed E-state index contributed by atoms with van der Waals surface area (Å²) in [5, 5.41) is 11.7. The molecule has 19 heavy (non-hydrogen) atoms. The lowest BCUT2D eigenvalue weighted by atomic mass is 9.57. The third kappa shape index (κ3) is 1.29. The summed E-state index contributed by atoms with van der Waals surface area (Å²) in [4.78, 5) is 4.23. The Bertz CT molecular complexity index is 513. The number of pyridine rings is 1. The Morgan fingerprint density at radius 1 is 1.37 bits per heavy atom. The van der Waals surface area contributed by atoms with Crippen molar-refractivity contribution in [3.8, 4) is 0 Å². The number of aliphatic hydroxyl groups is 1. The Kier molecular flexibility index (Phi) is 2.39. The molecule has 0 saturated heterocycles. The van der Waals surface area contributed by atoms with Gasteiger partial charge < -0.3 is 10.8 Å². The molecular formula is C16H24N2O. The van der Waals surface area contributed by atoms with E-state index in [9.17, 15) is 5.11 Å². The first kappa shape index (κ1) is 12.9. The second-order valence-corrected chi connectivity index (χ2v) is 7.32. The van der Waals surface area contributed by atoms with Crippen LogP contribution in [0.15, 0.2) is 12.3 Å². The molecule has 0 radical (unpaired) electrons. The van der Waals surface area contributed by atoms with Gasteiger partial charge in [-0.25, -0.2) is 4.98 Å². The third-order valence-corrected chi connectivity index (χ3v) is 6.12. The highest BCUT2D eigenvalue weighted by Crippen LogP contribution is 2.72. The lowest BCUT2D eigenvalue weighted by Gasteiger charge is -2.51. The molecule has 1 aromatic heterocycles. The maximum absolute atomic E-state index is 11.7. The molecule has 3 heteroatoms. The van der Waals surface area contributed by atoms with Gasteiger partial charge in [-0.1, -0.05) is 20.8 Å². The second-order valence-electron chi connectivity index (χ2n) is 7.32. The standard InChI is InChI=1S/C16H24N2O/c1-10-6-8-18-13(17)12(10)16(19)14(2,3)11-5-7-15(16,4)9-11/h6,8,11,19H,5,7,9H2,1-4H3,(H2,17,18). The zero-order valence-corrected chi connectivity index (χ0v) is 12.3. The fourth-order valence-corrected chi connectivity index (χ4v) is 4.93. The van der Waals surface area contributed by atoms with Crippen LogP contribution in [0.1, 0.15) is 51.2 Å². The molecule has 2 aliphatic carbocycles. The maximum atomic E-state index is 11.7. The SMILES string of the molecule is Cc1ccnc(N)c1C1(O)C2(C)CCC(C2)C1(C)C. The summed E-state index contributed by atoms with van der Waals surface area (Å²) in [5.74, 6) is 1.06. The highest BCUT2D eigenvalue weighted by atomic mass is 16.3. The summed E-state index contributed by atoms with van der Waals surface area (Å²) in [6.07, 6.45) is 5.10. The van der Waals surface area contributed by atoms with E-state index in [1.807, 2.05) is 13.0 Å². The van der Waals surface area contributed by atoms with Crippen molar-refractivity contribution in [2.45, 2.75) is 52.6 Å². The fourth-order valence-electron chi connectivity index (χ4n) is 4.93. The van der Waals surface area contributed by atoms with Crippen LogP contribution in [0.5, 0.6) is 0 Å². The molecule has 3 N–H and O–H groups in total. The number of hydrogen-bond donors (Lipinski definition) is 2. The summed E-state index contributed by atoms with van der Waals surface area (Å²) in [5.41, 5.74) is 6.94. The number of fused-ring (bicyclic) bond motifs is 2. The Labute approximate surface area is 115 Å². The third-order valence-electron chi connectivity index (χ3n) is 6.12. The largest absolute Gasteiger partial charge is 0.384 e. The molecule has 0 aliphatic heterocycles. The predicted octanol–water partition coefficient (Wildman–Crippen LogP) is 3.01. The molecule has 3 nitrogen and oxygen atoms in total. The zero-order valence-electron chi connectivity index (χ0n) is 12.3. The van der Waals surface area contributed by atoms with Crippen LogP contribution in [0.2, 0.25) is 0 Å². The van der Waals surface area contributed by atoms with Gasteiger partial charge in [0.15, 0.2) is 0 Å². The highest BCUT2D eigenvalue weighted by molar-refractivity contribution is 5.51. The van der Waals surface area contributed by atoms with Crippen molar-refractivity contribution < 1.29 is 5.11 Å². The molecule has 3 atom stereocenters. The van der Waals surface area contributed by atoms with Crippen LogP contribution >= 0.6 is 0 Å². The van der Waals surface area contributed by atoms with Gasteiger partial charge in [0.1, 0.15) is 11.4 Å². The average molecular weight is 260 g/mol. The summed E-state index contributed by atoms with van der Waals surface area (Å²) in [6.45, 7) is 8.62. The van der Waals surface area contributed by atoms with Gasteiger partial charge in [-0.2, -0.15) is 0 Å². The molecule has 0 spiro atoms. The Morgan fingerprint density at radius 3 is 2.58 bits per heavy atom. The molecule has 0 amide bonds. The average Bonchev–Trinajstić information content (AvgIpc) is 2.77. The lowest BCUT2D eigenvalue weighted by Crippen LogP contribution is -2.52.